The summed E-state index contributed by atoms with van der Waals surface area (Å²) in [6, 6.07) is 0. The Morgan fingerprint density at radius 1 is 0.299 bits per heavy atom. The second-order valence-corrected chi connectivity index (χ2v) is 32.0. The van der Waals surface area contributed by atoms with Gasteiger partial charge in [-0.2, -0.15) is 0 Å². The average molecular weight is 1420 g/mol. The Hall–Kier alpha value is -1.94. The molecule has 0 amide bonds. The molecule has 0 aliphatic carbocycles. The van der Waals surface area contributed by atoms with E-state index in [-0.39, 0.29) is 25.7 Å². The van der Waals surface area contributed by atoms with Gasteiger partial charge >= 0.3 is 39.5 Å². The number of phosphoric ester groups is 2. The summed E-state index contributed by atoms with van der Waals surface area (Å²) in [7, 11) is -9.91. The van der Waals surface area contributed by atoms with Gasteiger partial charge in [-0.15, -0.1) is 0 Å². The zero-order chi connectivity index (χ0) is 71.6. The largest absolute Gasteiger partial charge is 0.472 e. The van der Waals surface area contributed by atoms with E-state index in [0.29, 0.717) is 25.7 Å². The summed E-state index contributed by atoms with van der Waals surface area (Å²) in [4.78, 5) is 72.9. The summed E-state index contributed by atoms with van der Waals surface area (Å²) in [5.74, 6) is 0.268. The van der Waals surface area contributed by atoms with Crippen molar-refractivity contribution in [2.24, 2.45) is 17.8 Å². The molecule has 0 fully saturated rings. The number of hydrogen-bond acceptors (Lipinski definition) is 15. The van der Waals surface area contributed by atoms with E-state index in [1.807, 2.05) is 0 Å². The number of unbranched alkanes of at least 4 members (excludes halogenated alkanes) is 42. The van der Waals surface area contributed by atoms with Gasteiger partial charge in [0, 0.05) is 25.7 Å². The number of carbonyl (C=O) groups excluding carboxylic acids is 4. The summed E-state index contributed by atoms with van der Waals surface area (Å²) < 4.78 is 68.6. The lowest BCUT2D eigenvalue weighted by atomic mass is 9.99. The molecular formula is C78H152O17P2. The fraction of sp³-hybridized carbons (Fsp3) is 0.949. The van der Waals surface area contributed by atoms with Gasteiger partial charge in [-0.25, -0.2) is 9.13 Å². The second-order valence-electron chi connectivity index (χ2n) is 29.1. The maximum atomic E-state index is 13.1. The zero-order valence-electron chi connectivity index (χ0n) is 63.5. The van der Waals surface area contributed by atoms with Gasteiger partial charge < -0.3 is 33.8 Å². The Kier molecular flexibility index (Phi) is 67.1. The molecule has 3 N–H and O–H groups in total. The van der Waals surface area contributed by atoms with Crippen molar-refractivity contribution in [2.75, 3.05) is 39.6 Å². The molecule has 97 heavy (non-hydrogen) atoms. The summed E-state index contributed by atoms with van der Waals surface area (Å²) in [6.07, 6.45) is 55.4. The lowest BCUT2D eigenvalue weighted by Gasteiger charge is -2.21. The first-order valence-corrected chi connectivity index (χ1v) is 43.4. The molecule has 0 heterocycles. The Morgan fingerprint density at radius 2 is 0.526 bits per heavy atom. The van der Waals surface area contributed by atoms with Gasteiger partial charge in [0.1, 0.15) is 19.3 Å². The molecule has 0 aromatic heterocycles. The Labute approximate surface area is 594 Å². The van der Waals surface area contributed by atoms with Crippen LogP contribution in [0.1, 0.15) is 402 Å². The lowest BCUT2D eigenvalue weighted by Crippen LogP contribution is -2.30. The molecule has 4 unspecified atom stereocenters. The van der Waals surface area contributed by atoms with Gasteiger partial charge in [-0.05, 0) is 43.4 Å². The Morgan fingerprint density at radius 3 is 0.784 bits per heavy atom. The van der Waals surface area contributed by atoms with Crippen molar-refractivity contribution in [3.63, 3.8) is 0 Å². The quantitative estimate of drug-likeness (QED) is 0.0222. The monoisotopic (exact) mass is 1420 g/mol. The predicted octanol–water partition coefficient (Wildman–Crippen LogP) is 23.0. The van der Waals surface area contributed by atoms with E-state index in [9.17, 15) is 43.2 Å². The van der Waals surface area contributed by atoms with Crippen molar-refractivity contribution < 1.29 is 80.2 Å². The number of aliphatic hydroxyl groups is 1. The van der Waals surface area contributed by atoms with Crippen LogP contribution in [0.4, 0.5) is 0 Å². The highest BCUT2D eigenvalue weighted by atomic mass is 31.2. The molecule has 0 spiro atoms. The molecule has 0 saturated heterocycles. The summed E-state index contributed by atoms with van der Waals surface area (Å²) in [5.41, 5.74) is 0. The number of hydrogen-bond donors (Lipinski definition) is 3. The van der Waals surface area contributed by atoms with E-state index < -0.39 is 97.5 Å². The van der Waals surface area contributed by atoms with Crippen LogP contribution < -0.4 is 0 Å². The van der Waals surface area contributed by atoms with E-state index in [1.165, 1.54) is 205 Å². The predicted molar refractivity (Wildman–Crippen MR) is 395 cm³/mol. The third kappa shape index (κ3) is 69.5. The van der Waals surface area contributed by atoms with Crippen molar-refractivity contribution in [3.8, 4) is 0 Å². The van der Waals surface area contributed by atoms with Crippen molar-refractivity contribution in [2.45, 2.75) is 420 Å². The van der Waals surface area contributed by atoms with Gasteiger partial charge in [-0.3, -0.25) is 37.3 Å². The molecule has 0 radical (unpaired) electrons. The smallest absolute Gasteiger partial charge is 0.462 e. The second kappa shape index (κ2) is 68.5. The standard InChI is InChI=1S/C78H152O17P2/c1-8-11-12-13-14-15-25-33-38-47-54-61-77(82)95-74(66-89-76(81)60-53-46-41-40-44-51-58-71(7)10-3)68-93-97(86,87)91-64-72(79)63-90-96(84,85)92-67-73(94-78(83)62-55-48-39-34-29-24-18-16-17-21-26-30-35-42-49-56-69(4)5)65-88-75(80)59-52-45-37-32-28-23-20-19-22-27-31-36-43-50-57-70(6)9-2/h69-74,79H,8-68H2,1-7H3,(H,84,85)(H,86,87)/t70?,71?,72-,73-,74-/m1/s1. The summed E-state index contributed by atoms with van der Waals surface area (Å²) in [6.45, 7) is 12.0. The molecule has 0 aromatic rings. The van der Waals surface area contributed by atoms with Crippen LogP contribution in [0, 0.1) is 17.8 Å². The SMILES string of the molecule is CCCCCCCCCCCCCC(=O)O[C@H](COC(=O)CCCCCCCCC(C)CC)COP(=O)(O)OC[C@H](O)COP(=O)(O)OC[C@@H](COC(=O)CCCCCCCCCCCCCCCCC(C)CC)OC(=O)CCCCCCCCCCCCCCCCCC(C)C. The van der Waals surface area contributed by atoms with Crippen LogP contribution in [0.25, 0.3) is 0 Å². The number of ether oxygens (including phenoxy) is 4. The molecule has 7 atom stereocenters. The molecule has 0 bridgehead atoms. The van der Waals surface area contributed by atoms with Crippen LogP contribution in [0.15, 0.2) is 0 Å². The molecule has 0 aliphatic heterocycles. The Balaban J connectivity index is 5.23. The maximum absolute atomic E-state index is 13.1. The molecule has 0 rings (SSSR count). The molecule has 0 saturated carbocycles. The fourth-order valence-electron chi connectivity index (χ4n) is 11.9. The minimum Gasteiger partial charge on any atom is -0.462 e. The molecular weight excluding hydrogens is 1270 g/mol. The van der Waals surface area contributed by atoms with Crippen molar-refractivity contribution in [3.05, 3.63) is 0 Å². The van der Waals surface area contributed by atoms with Gasteiger partial charge in [0.2, 0.25) is 0 Å². The first-order valence-electron chi connectivity index (χ1n) is 40.4. The highest BCUT2D eigenvalue weighted by Gasteiger charge is 2.30. The van der Waals surface area contributed by atoms with Gasteiger partial charge in [-0.1, -0.05) is 350 Å². The minimum absolute atomic E-state index is 0.106. The van der Waals surface area contributed by atoms with Crippen LogP contribution in [-0.4, -0.2) is 96.7 Å². The highest BCUT2D eigenvalue weighted by Crippen LogP contribution is 2.45. The third-order valence-corrected chi connectivity index (χ3v) is 20.8. The van der Waals surface area contributed by atoms with Crippen molar-refractivity contribution >= 4 is 39.5 Å². The molecule has 0 aliphatic rings. The van der Waals surface area contributed by atoms with Gasteiger partial charge in [0.15, 0.2) is 12.2 Å². The fourth-order valence-corrected chi connectivity index (χ4v) is 13.5. The van der Waals surface area contributed by atoms with E-state index in [1.54, 1.807) is 0 Å². The first-order chi connectivity index (χ1) is 46.8. The lowest BCUT2D eigenvalue weighted by molar-refractivity contribution is -0.161. The normalized spacial score (nSPS) is 14.6. The van der Waals surface area contributed by atoms with Crippen LogP contribution in [0.2, 0.25) is 0 Å². The number of aliphatic hydroxyl groups excluding tert-OH is 1. The van der Waals surface area contributed by atoms with Crippen LogP contribution in [-0.2, 0) is 65.4 Å². The Bertz CT molecular complexity index is 1890. The molecule has 576 valence electrons. The van der Waals surface area contributed by atoms with Crippen molar-refractivity contribution in [1.82, 2.24) is 0 Å². The van der Waals surface area contributed by atoms with Gasteiger partial charge in [0.25, 0.3) is 0 Å². The number of esters is 4. The number of phosphoric acid groups is 2. The average Bonchev–Trinajstić information content (AvgIpc) is 1.43. The molecule has 0 aromatic carbocycles. The topological polar surface area (TPSA) is 237 Å². The van der Waals surface area contributed by atoms with Gasteiger partial charge in [0.05, 0.1) is 26.4 Å². The van der Waals surface area contributed by atoms with Crippen molar-refractivity contribution in [1.29, 1.82) is 0 Å². The van der Waals surface area contributed by atoms with E-state index in [2.05, 4.69) is 48.5 Å². The first kappa shape index (κ1) is 95.1. The maximum Gasteiger partial charge on any atom is 0.472 e. The van der Waals surface area contributed by atoms with E-state index in [0.717, 1.165) is 114 Å². The summed E-state index contributed by atoms with van der Waals surface area (Å²) >= 11 is 0. The number of carbonyl (C=O) groups is 4. The minimum atomic E-state index is -4.96. The molecule has 17 nitrogen and oxygen atoms in total. The van der Waals surface area contributed by atoms with E-state index >= 15 is 0 Å². The zero-order valence-corrected chi connectivity index (χ0v) is 65.3. The van der Waals surface area contributed by atoms with Crippen LogP contribution in [0.3, 0.4) is 0 Å². The molecule has 19 heteroatoms. The highest BCUT2D eigenvalue weighted by molar-refractivity contribution is 7.47. The van der Waals surface area contributed by atoms with Crippen LogP contribution in [0.5, 0.6) is 0 Å². The third-order valence-electron chi connectivity index (χ3n) is 18.9. The van der Waals surface area contributed by atoms with E-state index in [4.69, 9.17) is 37.0 Å². The van der Waals surface area contributed by atoms with Crippen LogP contribution >= 0.6 is 15.6 Å². The summed E-state index contributed by atoms with van der Waals surface area (Å²) in [5, 5.41) is 10.6. The number of rotatable bonds is 76.